The van der Waals surface area contributed by atoms with E-state index in [1.807, 2.05) is 55.4 Å². The smallest absolute Gasteiger partial charge is 0.0346 e. The van der Waals surface area contributed by atoms with Gasteiger partial charge in [0, 0.05) is 53.9 Å². The molecule has 3 heteroatoms. The Hall–Kier alpha value is -6.71. The summed E-state index contributed by atoms with van der Waals surface area (Å²) < 4.78 is 0. The molecule has 3 aromatic heterocycles. The maximum Gasteiger partial charge on any atom is 0.0346 e. The zero-order chi connectivity index (χ0) is 33.0. The summed E-state index contributed by atoms with van der Waals surface area (Å²) in [6, 6.07) is 50.9. The Labute approximate surface area is 289 Å². The summed E-state index contributed by atoms with van der Waals surface area (Å²) >= 11 is 0. The van der Waals surface area contributed by atoms with Crippen molar-refractivity contribution in [2.75, 3.05) is 0 Å². The van der Waals surface area contributed by atoms with E-state index in [-0.39, 0.29) is 0 Å². The quantitative estimate of drug-likeness (QED) is 0.177. The molecular weight excluding hydrogens is 607 g/mol. The highest BCUT2D eigenvalue weighted by molar-refractivity contribution is 6.27. The van der Waals surface area contributed by atoms with Crippen LogP contribution in [0.2, 0.25) is 0 Å². The lowest BCUT2D eigenvalue weighted by Gasteiger charge is -2.17. The van der Waals surface area contributed by atoms with Crippen molar-refractivity contribution in [3.05, 3.63) is 177 Å². The van der Waals surface area contributed by atoms with Crippen molar-refractivity contribution >= 4 is 43.1 Å². The van der Waals surface area contributed by atoms with Crippen molar-refractivity contribution in [1.82, 2.24) is 15.0 Å². The Morgan fingerprint density at radius 1 is 0.280 bits per heavy atom. The first-order valence-corrected chi connectivity index (χ1v) is 16.9. The third-order valence-electron chi connectivity index (χ3n) is 10.0. The zero-order valence-electron chi connectivity index (χ0n) is 27.1. The van der Waals surface area contributed by atoms with Crippen molar-refractivity contribution in [2.24, 2.45) is 0 Å². The van der Waals surface area contributed by atoms with E-state index in [1.165, 1.54) is 65.3 Å². The molecule has 7 aromatic carbocycles. The van der Waals surface area contributed by atoms with Gasteiger partial charge in [-0.05, 0) is 131 Å². The summed E-state index contributed by atoms with van der Waals surface area (Å²) in [4.78, 5) is 13.2. The summed E-state index contributed by atoms with van der Waals surface area (Å²) in [5, 5.41) is 10.1. The minimum atomic E-state index is 1.09. The largest absolute Gasteiger partial charge is 0.264 e. The summed E-state index contributed by atoms with van der Waals surface area (Å²) in [5.74, 6) is 0. The lowest BCUT2D eigenvalue weighted by atomic mass is 9.87. The fraction of sp³-hybridized carbons (Fsp3) is 0. The standard InChI is InChI=1S/C47H29N3/c1-4-36(27-48-19-1)40-24-39(25-41(26-40)37-5-2-20-49-28-37)34-8-7-33-23-35(10-9-32(33)22-34)42-15-11-30-14-18-45-43(38-6-3-21-50-29-38)16-12-31-13-17-44(42)46(30)47(31)45/h1-29H. The number of hydrogen-bond donors (Lipinski definition) is 0. The fourth-order valence-electron chi connectivity index (χ4n) is 7.61. The average Bonchev–Trinajstić information content (AvgIpc) is 3.20. The summed E-state index contributed by atoms with van der Waals surface area (Å²) in [5.41, 5.74) is 11.6. The van der Waals surface area contributed by atoms with Gasteiger partial charge in [-0.2, -0.15) is 0 Å². The van der Waals surface area contributed by atoms with Gasteiger partial charge in [0.25, 0.3) is 0 Å². The van der Waals surface area contributed by atoms with Gasteiger partial charge in [0.2, 0.25) is 0 Å². The zero-order valence-corrected chi connectivity index (χ0v) is 27.1. The van der Waals surface area contributed by atoms with E-state index in [0.29, 0.717) is 0 Å². The first-order chi connectivity index (χ1) is 24.8. The van der Waals surface area contributed by atoms with E-state index in [9.17, 15) is 0 Å². The van der Waals surface area contributed by atoms with Crippen molar-refractivity contribution in [2.45, 2.75) is 0 Å². The number of hydrogen-bond acceptors (Lipinski definition) is 3. The van der Waals surface area contributed by atoms with Gasteiger partial charge in [-0.1, -0.05) is 91.0 Å². The summed E-state index contributed by atoms with van der Waals surface area (Å²) in [6.45, 7) is 0. The Morgan fingerprint density at radius 3 is 1.22 bits per heavy atom. The SMILES string of the molecule is c1cncc(-c2cc(-c3cccnc3)cc(-c3ccc4cc(-c5ccc6ccc7c(-c8cccnc8)ccc8ccc5c6c87)ccc4c3)c2)c1. The van der Waals surface area contributed by atoms with Crippen molar-refractivity contribution in [1.29, 1.82) is 0 Å². The second kappa shape index (κ2) is 11.5. The monoisotopic (exact) mass is 635 g/mol. The van der Waals surface area contributed by atoms with Crippen LogP contribution >= 0.6 is 0 Å². The summed E-state index contributed by atoms with van der Waals surface area (Å²) in [6.07, 6.45) is 11.3. The first-order valence-electron chi connectivity index (χ1n) is 16.9. The van der Waals surface area contributed by atoms with Gasteiger partial charge >= 0.3 is 0 Å². The van der Waals surface area contributed by atoms with Gasteiger partial charge in [-0.25, -0.2) is 0 Å². The molecule has 0 amide bonds. The molecule has 0 bridgehead atoms. The maximum atomic E-state index is 4.40. The van der Waals surface area contributed by atoms with Crippen LogP contribution in [0.4, 0.5) is 0 Å². The minimum Gasteiger partial charge on any atom is -0.264 e. The average molecular weight is 636 g/mol. The number of nitrogens with zero attached hydrogens (tertiary/aromatic N) is 3. The van der Waals surface area contributed by atoms with Crippen LogP contribution in [0.25, 0.3) is 98.7 Å². The van der Waals surface area contributed by atoms with Gasteiger partial charge < -0.3 is 0 Å². The molecule has 0 saturated heterocycles. The normalized spacial score (nSPS) is 11.6. The number of benzene rings is 7. The number of rotatable bonds is 5. The molecule has 0 radical (unpaired) electrons. The van der Waals surface area contributed by atoms with Crippen LogP contribution in [-0.2, 0) is 0 Å². The molecule has 0 aliphatic heterocycles. The van der Waals surface area contributed by atoms with Crippen LogP contribution in [0.3, 0.4) is 0 Å². The highest BCUT2D eigenvalue weighted by Gasteiger charge is 2.15. The molecule has 10 aromatic rings. The predicted molar refractivity (Wildman–Crippen MR) is 208 cm³/mol. The van der Waals surface area contributed by atoms with Gasteiger partial charge in [-0.3, -0.25) is 15.0 Å². The van der Waals surface area contributed by atoms with E-state index >= 15 is 0 Å². The maximum absolute atomic E-state index is 4.40. The highest BCUT2D eigenvalue weighted by Crippen LogP contribution is 2.43. The molecule has 10 rings (SSSR count). The Balaban J connectivity index is 1.09. The molecule has 0 aliphatic carbocycles. The second-order valence-electron chi connectivity index (χ2n) is 12.9. The Kier molecular flexibility index (Phi) is 6.49. The van der Waals surface area contributed by atoms with Crippen molar-refractivity contribution < 1.29 is 0 Å². The number of fused-ring (bicyclic) bond motifs is 1. The van der Waals surface area contributed by atoms with E-state index in [1.54, 1.807) is 0 Å². The molecule has 50 heavy (non-hydrogen) atoms. The molecule has 232 valence electrons. The molecule has 0 atom stereocenters. The van der Waals surface area contributed by atoms with Gasteiger partial charge in [-0.15, -0.1) is 0 Å². The van der Waals surface area contributed by atoms with E-state index in [2.05, 4.69) is 136 Å². The third kappa shape index (κ3) is 4.71. The molecule has 0 unspecified atom stereocenters. The molecule has 0 spiro atoms. The van der Waals surface area contributed by atoms with E-state index < -0.39 is 0 Å². The minimum absolute atomic E-state index is 1.09. The Bertz CT molecular complexity index is 2790. The van der Waals surface area contributed by atoms with Gasteiger partial charge in [0.05, 0.1) is 0 Å². The topological polar surface area (TPSA) is 38.7 Å². The number of aromatic nitrogens is 3. The van der Waals surface area contributed by atoms with Crippen LogP contribution < -0.4 is 0 Å². The van der Waals surface area contributed by atoms with Crippen LogP contribution in [0.15, 0.2) is 177 Å². The van der Waals surface area contributed by atoms with Crippen LogP contribution in [0, 0.1) is 0 Å². The van der Waals surface area contributed by atoms with Crippen molar-refractivity contribution in [3.8, 4) is 55.6 Å². The first kappa shape index (κ1) is 28.3. The van der Waals surface area contributed by atoms with Crippen LogP contribution in [0.1, 0.15) is 0 Å². The molecule has 0 fully saturated rings. The lowest BCUT2D eigenvalue weighted by molar-refractivity contribution is 1.32. The van der Waals surface area contributed by atoms with E-state index in [4.69, 9.17) is 0 Å². The lowest BCUT2D eigenvalue weighted by Crippen LogP contribution is -1.90. The van der Waals surface area contributed by atoms with Crippen LogP contribution in [-0.4, -0.2) is 15.0 Å². The van der Waals surface area contributed by atoms with Crippen molar-refractivity contribution in [3.63, 3.8) is 0 Å². The van der Waals surface area contributed by atoms with Gasteiger partial charge in [0.1, 0.15) is 0 Å². The number of pyridine rings is 3. The van der Waals surface area contributed by atoms with E-state index in [0.717, 1.165) is 33.4 Å². The molecule has 0 N–H and O–H groups in total. The Morgan fingerprint density at radius 2 is 0.700 bits per heavy atom. The molecular formula is C47H29N3. The van der Waals surface area contributed by atoms with Crippen LogP contribution in [0.5, 0.6) is 0 Å². The third-order valence-corrected chi connectivity index (χ3v) is 10.0. The van der Waals surface area contributed by atoms with Gasteiger partial charge in [0.15, 0.2) is 0 Å². The fourth-order valence-corrected chi connectivity index (χ4v) is 7.61. The second-order valence-corrected chi connectivity index (χ2v) is 12.9. The predicted octanol–water partition coefficient (Wildman–Crippen LogP) is 12.3. The molecule has 0 saturated carbocycles. The molecule has 3 nitrogen and oxygen atoms in total. The highest BCUT2D eigenvalue weighted by atomic mass is 14.6. The molecule has 3 heterocycles. The molecule has 0 aliphatic rings. The summed E-state index contributed by atoms with van der Waals surface area (Å²) in [7, 11) is 0.